The predicted molar refractivity (Wildman–Crippen MR) is 73.7 cm³/mol. The molecule has 1 aliphatic heterocycles. The smallest absolute Gasteiger partial charge is 0.142 e. The van der Waals surface area contributed by atoms with Gasteiger partial charge in [-0.3, -0.25) is 0 Å². The van der Waals surface area contributed by atoms with Crippen LogP contribution in [0.2, 0.25) is 10.0 Å². The van der Waals surface area contributed by atoms with E-state index in [-0.39, 0.29) is 11.1 Å². The molecule has 17 heavy (non-hydrogen) atoms. The summed E-state index contributed by atoms with van der Waals surface area (Å²) in [6.45, 7) is 3.13. The van der Waals surface area contributed by atoms with Crippen molar-refractivity contribution in [2.75, 3.05) is 18.1 Å². The van der Waals surface area contributed by atoms with E-state index in [1.54, 1.807) is 0 Å². The van der Waals surface area contributed by atoms with Gasteiger partial charge in [-0.1, -0.05) is 30.1 Å². The van der Waals surface area contributed by atoms with Crippen LogP contribution in [0.1, 0.15) is 18.5 Å². The molecule has 0 radical (unpaired) electrons. The van der Waals surface area contributed by atoms with Gasteiger partial charge >= 0.3 is 0 Å². The number of thioether (sulfide) groups is 1. The highest BCUT2D eigenvalue weighted by Crippen LogP contribution is 2.32. The Morgan fingerprint density at radius 2 is 2.06 bits per heavy atom. The van der Waals surface area contributed by atoms with Crippen molar-refractivity contribution < 1.29 is 4.39 Å². The molecule has 1 fully saturated rings. The third-order valence-electron chi connectivity index (χ3n) is 2.81. The van der Waals surface area contributed by atoms with Crippen LogP contribution in [0.4, 0.5) is 4.39 Å². The molecule has 0 saturated carbocycles. The summed E-state index contributed by atoms with van der Waals surface area (Å²) in [5.74, 6) is 2.25. The molecule has 2 atom stereocenters. The lowest BCUT2D eigenvalue weighted by Crippen LogP contribution is -2.25. The molecule has 1 N–H and O–H groups in total. The molecule has 2 unspecified atom stereocenters. The van der Waals surface area contributed by atoms with Crippen LogP contribution in [-0.2, 0) is 0 Å². The SMILES string of the molecule is CC1CNC(c2cc(F)c(Cl)cc2Cl)CSC1. The van der Waals surface area contributed by atoms with E-state index in [4.69, 9.17) is 23.2 Å². The maximum Gasteiger partial charge on any atom is 0.142 e. The molecule has 1 aliphatic rings. The zero-order valence-electron chi connectivity index (χ0n) is 9.47. The average molecular weight is 294 g/mol. The molecule has 1 aromatic carbocycles. The van der Waals surface area contributed by atoms with Gasteiger partial charge in [0.15, 0.2) is 0 Å². The molecule has 0 bridgehead atoms. The van der Waals surface area contributed by atoms with Crippen LogP contribution in [0.25, 0.3) is 0 Å². The van der Waals surface area contributed by atoms with Gasteiger partial charge < -0.3 is 5.32 Å². The molecule has 2 rings (SSSR count). The van der Waals surface area contributed by atoms with Gasteiger partial charge in [-0.2, -0.15) is 11.8 Å². The van der Waals surface area contributed by atoms with Gasteiger partial charge in [-0.15, -0.1) is 0 Å². The van der Waals surface area contributed by atoms with Crippen molar-refractivity contribution in [2.24, 2.45) is 5.92 Å². The van der Waals surface area contributed by atoms with Crippen LogP contribution >= 0.6 is 35.0 Å². The Labute approximate surface area is 115 Å². The number of benzene rings is 1. The summed E-state index contributed by atoms with van der Waals surface area (Å²) in [5, 5.41) is 4.03. The van der Waals surface area contributed by atoms with E-state index in [1.807, 2.05) is 11.8 Å². The second-order valence-corrected chi connectivity index (χ2v) is 6.28. The number of hydrogen-bond acceptors (Lipinski definition) is 2. The molecular formula is C12H14Cl2FNS. The van der Waals surface area contributed by atoms with Crippen molar-refractivity contribution in [3.8, 4) is 0 Å². The molecule has 1 nitrogen and oxygen atoms in total. The first-order valence-electron chi connectivity index (χ1n) is 5.53. The minimum Gasteiger partial charge on any atom is -0.309 e. The largest absolute Gasteiger partial charge is 0.309 e. The van der Waals surface area contributed by atoms with Crippen molar-refractivity contribution in [1.29, 1.82) is 0 Å². The Morgan fingerprint density at radius 3 is 2.82 bits per heavy atom. The minimum atomic E-state index is -0.407. The molecule has 0 spiro atoms. The first kappa shape index (κ1) is 13.5. The average Bonchev–Trinajstić information content (AvgIpc) is 2.49. The van der Waals surface area contributed by atoms with Crippen molar-refractivity contribution in [2.45, 2.75) is 13.0 Å². The maximum atomic E-state index is 13.5. The van der Waals surface area contributed by atoms with Crippen LogP contribution < -0.4 is 5.32 Å². The first-order valence-corrected chi connectivity index (χ1v) is 7.44. The van der Waals surface area contributed by atoms with Gasteiger partial charge in [-0.05, 0) is 35.9 Å². The van der Waals surface area contributed by atoms with Gasteiger partial charge in [0.05, 0.1) is 5.02 Å². The third kappa shape index (κ3) is 3.28. The van der Waals surface area contributed by atoms with E-state index >= 15 is 0 Å². The Morgan fingerprint density at radius 1 is 1.29 bits per heavy atom. The Bertz CT molecular complexity index is 414. The van der Waals surface area contributed by atoms with Gasteiger partial charge in [0.1, 0.15) is 5.82 Å². The minimum absolute atomic E-state index is 0.0772. The molecule has 0 aromatic heterocycles. The number of halogens is 3. The molecule has 0 amide bonds. The molecule has 5 heteroatoms. The topological polar surface area (TPSA) is 12.0 Å². The van der Waals surface area contributed by atoms with E-state index in [9.17, 15) is 4.39 Å². The van der Waals surface area contributed by atoms with Gasteiger partial charge in [-0.25, -0.2) is 4.39 Å². The highest BCUT2D eigenvalue weighted by molar-refractivity contribution is 7.99. The zero-order chi connectivity index (χ0) is 12.4. The van der Waals surface area contributed by atoms with Crippen molar-refractivity contribution in [3.63, 3.8) is 0 Å². The quantitative estimate of drug-likeness (QED) is 0.781. The normalized spacial score (nSPS) is 25.6. The fraction of sp³-hybridized carbons (Fsp3) is 0.500. The van der Waals surface area contributed by atoms with E-state index in [0.29, 0.717) is 10.9 Å². The summed E-state index contributed by atoms with van der Waals surface area (Å²) in [7, 11) is 0. The fourth-order valence-corrected chi connectivity index (χ4v) is 3.56. The lowest BCUT2D eigenvalue weighted by molar-refractivity contribution is 0.515. The summed E-state index contributed by atoms with van der Waals surface area (Å²) in [6.07, 6.45) is 0. The monoisotopic (exact) mass is 293 g/mol. The molecule has 1 saturated heterocycles. The lowest BCUT2D eigenvalue weighted by atomic mass is 10.1. The summed E-state index contributed by atoms with van der Waals surface area (Å²) in [6, 6.07) is 3.03. The van der Waals surface area contributed by atoms with E-state index in [1.165, 1.54) is 12.1 Å². The summed E-state index contributed by atoms with van der Waals surface area (Å²) in [5.41, 5.74) is 0.801. The standard InChI is InChI=1S/C12H14Cl2FNS/c1-7-4-16-12(6-17-5-7)8-2-11(15)10(14)3-9(8)13/h2-3,7,12,16H,4-6H2,1H3. The van der Waals surface area contributed by atoms with Crippen LogP contribution in [0, 0.1) is 11.7 Å². The maximum absolute atomic E-state index is 13.5. The molecule has 94 valence electrons. The summed E-state index contributed by atoms with van der Waals surface area (Å²) in [4.78, 5) is 0. The number of rotatable bonds is 1. The Kier molecular flexibility index (Phi) is 4.59. The van der Waals surface area contributed by atoms with Crippen LogP contribution in [0.3, 0.4) is 0 Å². The van der Waals surface area contributed by atoms with Crippen molar-refractivity contribution in [3.05, 3.63) is 33.6 Å². The highest BCUT2D eigenvalue weighted by Gasteiger charge is 2.20. The molecule has 1 aromatic rings. The fourth-order valence-electron chi connectivity index (χ4n) is 1.85. The van der Waals surface area contributed by atoms with Crippen LogP contribution in [0.5, 0.6) is 0 Å². The third-order valence-corrected chi connectivity index (χ3v) is 4.81. The van der Waals surface area contributed by atoms with Crippen LogP contribution in [0.15, 0.2) is 12.1 Å². The number of hydrogen-bond donors (Lipinski definition) is 1. The van der Waals surface area contributed by atoms with E-state index in [2.05, 4.69) is 12.2 Å². The van der Waals surface area contributed by atoms with Crippen molar-refractivity contribution >= 4 is 35.0 Å². The van der Waals surface area contributed by atoms with Crippen LogP contribution in [-0.4, -0.2) is 18.1 Å². The van der Waals surface area contributed by atoms with Gasteiger partial charge in [0.25, 0.3) is 0 Å². The zero-order valence-corrected chi connectivity index (χ0v) is 11.8. The van der Waals surface area contributed by atoms with E-state index in [0.717, 1.165) is 23.6 Å². The Balaban J connectivity index is 2.24. The van der Waals surface area contributed by atoms with Gasteiger partial charge in [0, 0.05) is 16.8 Å². The van der Waals surface area contributed by atoms with Crippen molar-refractivity contribution in [1.82, 2.24) is 5.32 Å². The molecular weight excluding hydrogens is 280 g/mol. The first-order chi connectivity index (χ1) is 8.08. The molecule has 0 aliphatic carbocycles. The second-order valence-electron chi connectivity index (χ2n) is 4.39. The summed E-state index contributed by atoms with van der Waals surface area (Å²) >= 11 is 13.7. The Hall–Kier alpha value is 0.0400. The lowest BCUT2D eigenvalue weighted by Gasteiger charge is -2.18. The molecule has 1 heterocycles. The van der Waals surface area contributed by atoms with Gasteiger partial charge in [0.2, 0.25) is 0 Å². The van der Waals surface area contributed by atoms with E-state index < -0.39 is 5.82 Å². The predicted octanol–water partition coefficient (Wildman–Crippen LogP) is 4.15. The highest BCUT2D eigenvalue weighted by atomic mass is 35.5. The number of nitrogens with one attached hydrogen (secondary N) is 1. The second kappa shape index (κ2) is 5.79. The summed E-state index contributed by atoms with van der Waals surface area (Å²) < 4.78 is 13.5.